The van der Waals surface area contributed by atoms with Crippen molar-refractivity contribution >= 4 is 21.9 Å². The predicted molar refractivity (Wildman–Crippen MR) is 58.3 cm³/mol. The fourth-order valence-corrected chi connectivity index (χ4v) is 1.54. The molecule has 0 saturated heterocycles. The van der Waals surface area contributed by atoms with Crippen molar-refractivity contribution in [1.29, 1.82) is 0 Å². The molecule has 0 aliphatic rings. The minimum absolute atomic E-state index is 0.0186. The highest BCUT2D eigenvalue weighted by Gasteiger charge is 2.16. The number of hydrogen-bond acceptors (Lipinski definition) is 4. The van der Waals surface area contributed by atoms with E-state index in [1.54, 1.807) is 12.1 Å². The van der Waals surface area contributed by atoms with E-state index in [9.17, 15) is 13.2 Å². The van der Waals surface area contributed by atoms with Crippen LogP contribution in [0.1, 0.15) is 0 Å². The van der Waals surface area contributed by atoms with Gasteiger partial charge in [0.25, 0.3) is 0 Å². The fourth-order valence-electron chi connectivity index (χ4n) is 1.07. The predicted octanol–water partition coefficient (Wildman–Crippen LogP) is 1.14. The molecule has 0 aliphatic heterocycles. The number of amides is 1. The molecule has 88 valence electrons. The standard InChI is InChI=1S/C9H11NO5S/c1-10(9(11)12)7-5-3-4-6-8(7)15-16(2,13)14/h3-6H,1-2H3,(H,11,12). The van der Waals surface area contributed by atoms with Crippen molar-refractivity contribution in [1.82, 2.24) is 0 Å². The normalized spacial score (nSPS) is 10.9. The van der Waals surface area contributed by atoms with Gasteiger partial charge < -0.3 is 9.29 Å². The summed E-state index contributed by atoms with van der Waals surface area (Å²) >= 11 is 0. The summed E-state index contributed by atoms with van der Waals surface area (Å²) in [6.45, 7) is 0. The second kappa shape index (κ2) is 4.40. The van der Waals surface area contributed by atoms with Gasteiger partial charge in [-0.3, -0.25) is 4.90 Å². The number of anilines is 1. The van der Waals surface area contributed by atoms with Crippen molar-refractivity contribution in [3.05, 3.63) is 24.3 Å². The highest BCUT2D eigenvalue weighted by atomic mass is 32.2. The summed E-state index contributed by atoms with van der Waals surface area (Å²) in [6.07, 6.45) is -0.311. The van der Waals surface area contributed by atoms with E-state index in [1.807, 2.05) is 0 Å². The Kier molecular flexibility index (Phi) is 3.38. The zero-order valence-corrected chi connectivity index (χ0v) is 9.56. The van der Waals surface area contributed by atoms with Crippen LogP contribution in [-0.2, 0) is 10.1 Å². The van der Waals surface area contributed by atoms with Gasteiger partial charge in [0.15, 0.2) is 5.75 Å². The van der Waals surface area contributed by atoms with E-state index in [0.717, 1.165) is 11.2 Å². The van der Waals surface area contributed by atoms with Crippen molar-refractivity contribution in [3.8, 4) is 5.75 Å². The Hall–Kier alpha value is -1.76. The van der Waals surface area contributed by atoms with E-state index >= 15 is 0 Å². The zero-order chi connectivity index (χ0) is 12.3. The van der Waals surface area contributed by atoms with Crippen LogP contribution in [0, 0.1) is 0 Å². The smallest absolute Gasteiger partial charge is 0.411 e. The fraction of sp³-hybridized carbons (Fsp3) is 0.222. The van der Waals surface area contributed by atoms with Gasteiger partial charge in [0.05, 0.1) is 11.9 Å². The van der Waals surface area contributed by atoms with Gasteiger partial charge in [0, 0.05) is 7.05 Å². The monoisotopic (exact) mass is 245 g/mol. The first-order valence-electron chi connectivity index (χ1n) is 4.26. The third-order valence-electron chi connectivity index (χ3n) is 1.75. The molecule has 0 atom stereocenters. The van der Waals surface area contributed by atoms with Crippen LogP contribution in [0.3, 0.4) is 0 Å². The summed E-state index contributed by atoms with van der Waals surface area (Å²) in [4.78, 5) is 11.6. The molecule has 7 heteroatoms. The summed E-state index contributed by atoms with van der Waals surface area (Å²) in [7, 11) is -2.38. The van der Waals surface area contributed by atoms with E-state index in [0.29, 0.717) is 0 Å². The molecule has 0 radical (unpaired) electrons. The van der Waals surface area contributed by atoms with Gasteiger partial charge >= 0.3 is 16.2 Å². The molecule has 0 aliphatic carbocycles. The molecule has 1 rings (SSSR count). The van der Waals surface area contributed by atoms with Crippen molar-refractivity contribution in [2.45, 2.75) is 0 Å². The van der Waals surface area contributed by atoms with Crippen LogP contribution < -0.4 is 9.08 Å². The SMILES string of the molecule is CN(C(=O)O)c1ccccc1OS(C)(=O)=O. The maximum Gasteiger partial charge on any atom is 0.411 e. The molecule has 6 nitrogen and oxygen atoms in total. The number of carbonyl (C=O) groups is 1. The third-order valence-corrected chi connectivity index (χ3v) is 2.24. The molecule has 0 spiro atoms. The van der Waals surface area contributed by atoms with Crippen molar-refractivity contribution < 1.29 is 22.5 Å². The first-order chi connectivity index (χ1) is 7.31. The van der Waals surface area contributed by atoms with Gasteiger partial charge in [-0.2, -0.15) is 8.42 Å². The quantitative estimate of drug-likeness (QED) is 0.807. The highest BCUT2D eigenvalue weighted by molar-refractivity contribution is 7.86. The topological polar surface area (TPSA) is 83.9 Å². The Balaban J connectivity index is 3.15. The van der Waals surface area contributed by atoms with Crippen molar-refractivity contribution in [2.75, 3.05) is 18.2 Å². The zero-order valence-electron chi connectivity index (χ0n) is 8.75. The second-order valence-corrected chi connectivity index (χ2v) is 4.67. The molecule has 1 aromatic rings. The second-order valence-electron chi connectivity index (χ2n) is 3.10. The molecule has 0 bridgehead atoms. The lowest BCUT2D eigenvalue weighted by Crippen LogP contribution is -2.24. The molecule has 0 heterocycles. The number of hydrogen-bond donors (Lipinski definition) is 1. The molecule has 16 heavy (non-hydrogen) atoms. The van der Waals surface area contributed by atoms with E-state index < -0.39 is 16.2 Å². The molecular weight excluding hydrogens is 234 g/mol. The Morgan fingerprint density at radius 1 is 1.38 bits per heavy atom. The molecule has 1 N–H and O–H groups in total. The van der Waals surface area contributed by atoms with Crippen LogP contribution in [0.4, 0.5) is 10.5 Å². The van der Waals surface area contributed by atoms with Crippen LogP contribution in [0.5, 0.6) is 5.75 Å². The maximum absolute atomic E-state index is 11.0. The van der Waals surface area contributed by atoms with Gasteiger partial charge in [-0.15, -0.1) is 0 Å². The molecule has 1 amide bonds. The minimum Gasteiger partial charge on any atom is -0.465 e. The molecule has 0 saturated carbocycles. The van der Waals surface area contributed by atoms with Crippen LogP contribution in [0.2, 0.25) is 0 Å². The molecule has 0 fully saturated rings. The Labute approximate surface area is 93.2 Å². The largest absolute Gasteiger partial charge is 0.465 e. The highest BCUT2D eigenvalue weighted by Crippen LogP contribution is 2.27. The summed E-state index contributed by atoms with van der Waals surface area (Å²) in [6, 6.07) is 5.98. The Morgan fingerprint density at radius 2 is 1.94 bits per heavy atom. The summed E-state index contributed by atoms with van der Waals surface area (Å²) in [5.41, 5.74) is 0.167. The van der Waals surface area contributed by atoms with E-state index in [1.165, 1.54) is 19.2 Å². The number of carboxylic acid groups (broad SMARTS) is 1. The van der Waals surface area contributed by atoms with Gasteiger partial charge in [-0.1, -0.05) is 12.1 Å². The van der Waals surface area contributed by atoms with E-state index in [-0.39, 0.29) is 11.4 Å². The van der Waals surface area contributed by atoms with Crippen LogP contribution in [0.15, 0.2) is 24.3 Å². The van der Waals surface area contributed by atoms with Gasteiger partial charge in [0.1, 0.15) is 0 Å². The molecule has 1 aromatic carbocycles. The molecule has 0 aromatic heterocycles. The third kappa shape index (κ3) is 3.13. The number of rotatable bonds is 3. The Morgan fingerprint density at radius 3 is 2.44 bits per heavy atom. The summed E-state index contributed by atoms with van der Waals surface area (Å²) in [5.74, 6) is -0.0186. The van der Waals surface area contributed by atoms with E-state index in [4.69, 9.17) is 5.11 Å². The lowest BCUT2D eigenvalue weighted by molar-refractivity contribution is 0.203. The van der Waals surface area contributed by atoms with Crippen LogP contribution in [-0.4, -0.2) is 32.9 Å². The lowest BCUT2D eigenvalue weighted by atomic mass is 10.3. The number of nitrogens with zero attached hydrogens (tertiary/aromatic N) is 1. The minimum atomic E-state index is -3.68. The molecular formula is C9H11NO5S. The van der Waals surface area contributed by atoms with E-state index in [2.05, 4.69) is 4.18 Å². The lowest BCUT2D eigenvalue weighted by Gasteiger charge is -2.16. The first-order valence-corrected chi connectivity index (χ1v) is 6.08. The average molecular weight is 245 g/mol. The number of benzene rings is 1. The summed E-state index contributed by atoms with van der Waals surface area (Å²) in [5, 5.41) is 8.78. The summed E-state index contributed by atoms with van der Waals surface area (Å²) < 4.78 is 26.6. The first kappa shape index (κ1) is 12.3. The van der Waals surface area contributed by atoms with Crippen LogP contribution >= 0.6 is 0 Å². The number of para-hydroxylation sites is 2. The van der Waals surface area contributed by atoms with Crippen molar-refractivity contribution in [3.63, 3.8) is 0 Å². The average Bonchev–Trinajstić information content (AvgIpc) is 2.15. The van der Waals surface area contributed by atoms with Crippen molar-refractivity contribution in [2.24, 2.45) is 0 Å². The Bertz CT molecular complexity index is 496. The maximum atomic E-state index is 11.0. The molecule has 0 unspecified atom stereocenters. The van der Waals surface area contributed by atoms with Crippen LogP contribution in [0.25, 0.3) is 0 Å². The van der Waals surface area contributed by atoms with Gasteiger partial charge in [0.2, 0.25) is 0 Å². The van der Waals surface area contributed by atoms with Gasteiger partial charge in [-0.05, 0) is 12.1 Å². The van der Waals surface area contributed by atoms with Gasteiger partial charge in [-0.25, -0.2) is 4.79 Å².